The second-order valence-electron chi connectivity index (χ2n) is 7.80. The molecular formula is C23H26N4O3S2. The number of amides is 2. The van der Waals surface area contributed by atoms with Crippen molar-refractivity contribution in [1.29, 1.82) is 0 Å². The molecule has 1 aliphatic heterocycles. The molecule has 0 bridgehead atoms. The second-order valence-corrected chi connectivity index (χ2v) is 9.85. The van der Waals surface area contributed by atoms with Gasteiger partial charge in [0.05, 0.1) is 29.7 Å². The molecule has 0 radical (unpaired) electrons. The lowest BCUT2D eigenvalue weighted by Gasteiger charge is -2.35. The fourth-order valence-electron chi connectivity index (χ4n) is 3.66. The molecule has 1 fully saturated rings. The summed E-state index contributed by atoms with van der Waals surface area (Å²) in [6.45, 7) is 5.21. The summed E-state index contributed by atoms with van der Waals surface area (Å²) >= 11 is 3.35. The fraction of sp³-hybridized carbons (Fsp3) is 0.348. The van der Waals surface area contributed by atoms with E-state index in [1.807, 2.05) is 44.2 Å². The highest BCUT2D eigenvalue weighted by Gasteiger charge is 2.26. The Balaban J connectivity index is 1.36. The Bertz CT molecular complexity index is 1060. The lowest BCUT2D eigenvalue weighted by Crippen LogP contribution is -2.49. The molecule has 9 heteroatoms. The number of hydrogen-bond donors (Lipinski definition) is 1. The summed E-state index contributed by atoms with van der Waals surface area (Å²) < 4.78 is 7.25. The van der Waals surface area contributed by atoms with E-state index in [2.05, 4.69) is 21.9 Å². The van der Waals surface area contributed by atoms with Crippen molar-refractivity contribution in [2.45, 2.75) is 43.2 Å². The first kappa shape index (κ1) is 22.6. The molecule has 1 aromatic carbocycles. The predicted molar refractivity (Wildman–Crippen MR) is 127 cm³/mol. The summed E-state index contributed by atoms with van der Waals surface area (Å²) in [5.41, 5.74) is 1.18. The Morgan fingerprint density at radius 2 is 1.97 bits per heavy atom. The smallest absolute Gasteiger partial charge is 0.256 e. The van der Waals surface area contributed by atoms with Gasteiger partial charge in [-0.25, -0.2) is 0 Å². The number of thioether (sulfide) groups is 1. The Kier molecular flexibility index (Phi) is 7.29. The third-order valence-corrected chi connectivity index (χ3v) is 7.22. The molecule has 2 atom stereocenters. The molecule has 1 aliphatic rings. The van der Waals surface area contributed by atoms with E-state index < -0.39 is 0 Å². The van der Waals surface area contributed by atoms with Gasteiger partial charge < -0.3 is 15.0 Å². The number of aromatic nitrogens is 2. The standard InChI is InChI=1S/C23H26N4O3S2/c1-16-11-26(12-17(2)30-16)22(28)14-27-13-18(10-24-27)25-23(29)20-7-3-4-8-21(20)32-15-19-6-5-9-31-19/h3-10,13,16-17H,11-12,14-15H2,1-2H3,(H,25,29). The zero-order valence-corrected chi connectivity index (χ0v) is 19.7. The number of ether oxygens (including phenoxy) is 1. The summed E-state index contributed by atoms with van der Waals surface area (Å²) in [6.07, 6.45) is 3.29. The molecule has 32 heavy (non-hydrogen) atoms. The van der Waals surface area contributed by atoms with Crippen LogP contribution in [0.1, 0.15) is 29.1 Å². The number of hydrogen-bond acceptors (Lipinski definition) is 6. The van der Waals surface area contributed by atoms with Gasteiger partial charge in [-0.05, 0) is 37.4 Å². The van der Waals surface area contributed by atoms with Crippen LogP contribution in [-0.4, -0.2) is 51.8 Å². The van der Waals surface area contributed by atoms with Gasteiger partial charge in [-0.2, -0.15) is 5.10 Å². The minimum absolute atomic E-state index is 0.0108. The number of nitrogens with one attached hydrogen (secondary N) is 1. The van der Waals surface area contributed by atoms with Crippen molar-refractivity contribution in [2.24, 2.45) is 0 Å². The number of carbonyl (C=O) groups is 2. The molecule has 4 rings (SSSR count). The average Bonchev–Trinajstić information content (AvgIpc) is 3.44. The highest BCUT2D eigenvalue weighted by atomic mass is 32.2. The highest BCUT2D eigenvalue weighted by molar-refractivity contribution is 7.98. The second kappa shape index (κ2) is 10.3. The summed E-state index contributed by atoms with van der Waals surface area (Å²) in [5.74, 6) is 0.616. The first-order valence-electron chi connectivity index (χ1n) is 10.5. The van der Waals surface area contributed by atoms with E-state index in [1.165, 1.54) is 4.88 Å². The average molecular weight is 471 g/mol. The van der Waals surface area contributed by atoms with E-state index in [-0.39, 0.29) is 30.6 Å². The maximum Gasteiger partial charge on any atom is 0.256 e. The summed E-state index contributed by atoms with van der Waals surface area (Å²) in [7, 11) is 0. The molecule has 1 saturated heterocycles. The zero-order valence-electron chi connectivity index (χ0n) is 18.1. The maximum absolute atomic E-state index is 12.9. The number of anilines is 1. The van der Waals surface area contributed by atoms with E-state index in [0.717, 1.165) is 10.6 Å². The first-order chi connectivity index (χ1) is 15.5. The highest BCUT2D eigenvalue weighted by Crippen LogP contribution is 2.28. The number of thiophene rings is 1. The SMILES string of the molecule is CC1CN(C(=O)Cn2cc(NC(=O)c3ccccc3SCc3cccs3)cn2)CC(C)O1. The number of carbonyl (C=O) groups excluding carboxylic acids is 2. The van der Waals surface area contributed by atoms with E-state index in [0.29, 0.717) is 24.3 Å². The first-order valence-corrected chi connectivity index (χ1v) is 12.4. The molecule has 2 amide bonds. The van der Waals surface area contributed by atoms with Gasteiger partial charge in [0.15, 0.2) is 0 Å². The minimum Gasteiger partial charge on any atom is -0.372 e. The van der Waals surface area contributed by atoms with Crippen molar-refractivity contribution in [3.05, 3.63) is 64.6 Å². The molecule has 0 aliphatic carbocycles. The van der Waals surface area contributed by atoms with Crippen LogP contribution in [0.3, 0.4) is 0 Å². The lowest BCUT2D eigenvalue weighted by atomic mass is 10.2. The van der Waals surface area contributed by atoms with Gasteiger partial charge >= 0.3 is 0 Å². The zero-order chi connectivity index (χ0) is 22.5. The molecule has 168 valence electrons. The van der Waals surface area contributed by atoms with Crippen LogP contribution in [-0.2, 0) is 21.8 Å². The van der Waals surface area contributed by atoms with Crippen LogP contribution < -0.4 is 5.32 Å². The number of nitrogens with zero attached hydrogens (tertiary/aromatic N) is 3. The molecule has 2 unspecified atom stereocenters. The molecule has 2 aromatic heterocycles. The largest absolute Gasteiger partial charge is 0.372 e. The molecule has 0 spiro atoms. The molecule has 7 nitrogen and oxygen atoms in total. The van der Waals surface area contributed by atoms with Crippen LogP contribution >= 0.6 is 23.1 Å². The molecule has 1 N–H and O–H groups in total. The molecule has 3 heterocycles. The quantitative estimate of drug-likeness (QED) is 0.526. The Morgan fingerprint density at radius 3 is 2.72 bits per heavy atom. The van der Waals surface area contributed by atoms with Gasteiger partial charge in [-0.1, -0.05) is 18.2 Å². The summed E-state index contributed by atoms with van der Waals surface area (Å²) in [4.78, 5) is 29.5. The van der Waals surface area contributed by atoms with Crippen molar-refractivity contribution in [2.75, 3.05) is 18.4 Å². The van der Waals surface area contributed by atoms with E-state index in [9.17, 15) is 9.59 Å². The molecular weight excluding hydrogens is 444 g/mol. The molecule has 3 aromatic rings. The Labute approximate surface area is 195 Å². The summed E-state index contributed by atoms with van der Waals surface area (Å²) in [5, 5.41) is 9.20. The topological polar surface area (TPSA) is 76.5 Å². The van der Waals surface area contributed by atoms with Crippen molar-refractivity contribution in [3.63, 3.8) is 0 Å². The number of morpholine rings is 1. The number of rotatable bonds is 7. The third-order valence-electron chi connectivity index (χ3n) is 5.04. The summed E-state index contributed by atoms with van der Waals surface area (Å²) in [6, 6.07) is 11.7. The fourth-order valence-corrected chi connectivity index (χ4v) is 5.48. The maximum atomic E-state index is 12.9. The minimum atomic E-state index is -0.194. The van der Waals surface area contributed by atoms with Gasteiger partial charge in [-0.3, -0.25) is 14.3 Å². The normalized spacial score (nSPS) is 18.5. The monoisotopic (exact) mass is 470 g/mol. The Hall–Kier alpha value is -2.62. The van der Waals surface area contributed by atoms with Gasteiger partial charge in [0, 0.05) is 34.8 Å². The van der Waals surface area contributed by atoms with Crippen molar-refractivity contribution >= 4 is 40.6 Å². The van der Waals surface area contributed by atoms with Crippen LogP contribution in [0.4, 0.5) is 5.69 Å². The van der Waals surface area contributed by atoms with Crippen LogP contribution in [0, 0.1) is 0 Å². The van der Waals surface area contributed by atoms with E-state index in [4.69, 9.17) is 4.74 Å². The van der Waals surface area contributed by atoms with Gasteiger partial charge in [0.25, 0.3) is 5.91 Å². The van der Waals surface area contributed by atoms with E-state index >= 15 is 0 Å². The van der Waals surface area contributed by atoms with Crippen LogP contribution in [0.25, 0.3) is 0 Å². The molecule has 0 saturated carbocycles. The number of benzene rings is 1. The van der Waals surface area contributed by atoms with Crippen molar-refractivity contribution in [3.8, 4) is 0 Å². The van der Waals surface area contributed by atoms with Crippen LogP contribution in [0.2, 0.25) is 0 Å². The third kappa shape index (κ3) is 5.79. The van der Waals surface area contributed by atoms with Crippen LogP contribution in [0.5, 0.6) is 0 Å². The van der Waals surface area contributed by atoms with Crippen molar-refractivity contribution in [1.82, 2.24) is 14.7 Å². The van der Waals surface area contributed by atoms with Gasteiger partial charge in [0.1, 0.15) is 6.54 Å². The van der Waals surface area contributed by atoms with Gasteiger partial charge in [0.2, 0.25) is 5.91 Å². The van der Waals surface area contributed by atoms with Crippen molar-refractivity contribution < 1.29 is 14.3 Å². The van der Waals surface area contributed by atoms with Gasteiger partial charge in [-0.15, -0.1) is 23.1 Å². The predicted octanol–water partition coefficient (Wildman–Crippen LogP) is 4.13. The Morgan fingerprint density at radius 1 is 1.19 bits per heavy atom. The van der Waals surface area contributed by atoms with E-state index in [1.54, 1.807) is 45.1 Å². The van der Waals surface area contributed by atoms with Crippen LogP contribution in [0.15, 0.2) is 59.1 Å². The lowest BCUT2D eigenvalue weighted by molar-refractivity contribution is -0.144.